The van der Waals surface area contributed by atoms with Crippen molar-refractivity contribution in [2.75, 3.05) is 0 Å². The van der Waals surface area contributed by atoms with Gasteiger partial charge in [0.2, 0.25) is 0 Å². The summed E-state index contributed by atoms with van der Waals surface area (Å²) in [7, 11) is 0. The van der Waals surface area contributed by atoms with Gasteiger partial charge in [-0.2, -0.15) is 0 Å². The maximum absolute atomic E-state index is 12.4. The highest BCUT2D eigenvalue weighted by Crippen LogP contribution is 2.23. The first-order chi connectivity index (χ1) is 12.1. The van der Waals surface area contributed by atoms with Gasteiger partial charge in [0.05, 0.1) is 30.4 Å². The molecule has 0 saturated heterocycles. The van der Waals surface area contributed by atoms with Crippen molar-refractivity contribution in [1.82, 2.24) is 19.9 Å². The lowest BCUT2D eigenvalue weighted by Crippen LogP contribution is -2.29. The third kappa shape index (κ3) is 2.98. The van der Waals surface area contributed by atoms with Gasteiger partial charge >= 0.3 is 0 Å². The van der Waals surface area contributed by atoms with Crippen LogP contribution in [0.25, 0.3) is 0 Å². The molecule has 3 aromatic rings. The van der Waals surface area contributed by atoms with E-state index in [1.54, 1.807) is 35.1 Å². The summed E-state index contributed by atoms with van der Waals surface area (Å²) < 4.78 is 2.71. The Morgan fingerprint density at radius 3 is 2.16 bits per heavy atom. The highest BCUT2D eigenvalue weighted by atomic mass is 79.9. The lowest BCUT2D eigenvalue weighted by atomic mass is 10.1. The van der Waals surface area contributed by atoms with Crippen molar-refractivity contribution in [3.63, 3.8) is 0 Å². The first kappa shape index (κ1) is 15.7. The topological polar surface area (TPSA) is 68.1 Å². The minimum absolute atomic E-state index is 0.118. The number of halogens is 1. The molecule has 0 fully saturated rings. The molecule has 0 bridgehead atoms. The molecule has 0 unspecified atom stereocenters. The molecule has 2 heterocycles. The van der Waals surface area contributed by atoms with E-state index in [9.17, 15) is 9.59 Å². The van der Waals surface area contributed by atoms with Gasteiger partial charge in [-0.1, -0.05) is 45.4 Å². The number of hydrogen-bond donors (Lipinski definition) is 0. The Kier molecular flexibility index (Phi) is 3.93. The van der Waals surface area contributed by atoms with Gasteiger partial charge in [-0.3, -0.25) is 14.5 Å². The van der Waals surface area contributed by atoms with E-state index in [4.69, 9.17) is 0 Å². The monoisotopic (exact) mass is 396 g/mol. The number of hydrogen-bond acceptors (Lipinski definition) is 4. The standard InChI is InChI=1S/C18H13BrN4O2/c19-13-7-5-12(6-8-13)9-22-10-14(20-21-22)11-23-17(24)15-3-1-2-4-16(15)18(23)25/h1-8,10H,9,11H2. The van der Waals surface area contributed by atoms with Gasteiger partial charge in [0.1, 0.15) is 5.69 Å². The van der Waals surface area contributed by atoms with Crippen molar-refractivity contribution < 1.29 is 9.59 Å². The molecule has 1 aliphatic rings. The number of carbonyl (C=O) groups is 2. The highest BCUT2D eigenvalue weighted by molar-refractivity contribution is 9.10. The Bertz CT molecular complexity index is 930. The van der Waals surface area contributed by atoms with Gasteiger partial charge in [0, 0.05) is 4.47 Å². The van der Waals surface area contributed by atoms with E-state index in [0.29, 0.717) is 23.4 Å². The number of rotatable bonds is 4. The minimum atomic E-state index is -0.289. The summed E-state index contributed by atoms with van der Waals surface area (Å²) in [5.41, 5.74) is 2.54. The van der Waals surface area contributed by atoms with Crippen LogP contribution >= 0.6 is 15.9 Å². The summed E-state index contributed by atoms with van der Waals surface area (Å²) >= 11 is 3.40. The summed E-state index contributed by atoms with van der Waals surface area (Å²) in [4.78, 5) is 26.0. The first-order valence-corrected chi connectivity index (χ1v) is 8.50. The number of benzene rings is 2. The molecule has 0 atom stereocenters. The molecular weight excluding hydrogens is 384 g/mol. The van der Waals surface area contributed by atoms with Gasteiger partial charge in [0.25, 0.3) is 11.8 Å². The second kappa shape index (κ2) is 6.25. The molecular formula is C18H13BrN4O2. The maximum atomic E-state index is 12.4. The van der Waals surface area contributed by atoms with Crippen LogP contribution in [0.5, 0.6) is 0 Å². The van der Waals surface area contributed by atoms with Crippen LogP contribution in [-0.2, 0) is 13.1 Å². The molecule has 0 radical (unpaired) electrons. The van der Waals surface area contributed by atoms with Gasteiger partial charge < -0.3 is 0 Å². The molecule has 2 aromatic carbocycles. The zero-order valence-corrected chi connectivity index (χ0v) is 14.7. The summed E-state index contributed by atoms with van der Waals surface area (Å²) in [5, 5.41) is 8.16. The third-order valence-electron chi connectivity index (χ3n) is 4.04. The maximum Gasteiger partial charge on any atom is 0.261 e. The van der Waals surface area contributed by atoms with Gasteiger partial charge in [0.15, 0.2) is 0 Å². The van der Waals surface area contributed by atoms with Crippen LogP contribution in [0.1, 0.15) is 32.0 Å². The Morgan fingerprint density at radius 1 is 0.880 bits per heavy atom. The summed E-state index contributed by atoms with van der Waals surface area (Å²) in [6.07, 6.45) is 1.76. The Labute approximate surface area is 152 Å². The second-order valence-corrected chi connectivity index (χ2v) is 6.69. The Morgan fingerprint density at radius 2 is 1.52 bits per heavy atom. The lowest BCUT2D eigenvalue weighted by Gasteiger charge is -2.11. The van der Waals surface area contributed by atoms with Crippen LogP contribution in [0.15, 0.2) is 59.2 Å². The number of imide groups is 1. The predicted octanol–water partition coefficient (Wildman–Crippen LogP) is 2.89. The van der Waals surface area contributed by atoms with E-state index >= 15 is 0 Å². The van der Waals surface area contributed by atoms with Gasteiger partial charge in [-0.25, -0.2) is 4.68 Å². The summed E-state index contributed by atoms with van der Waals surface area (Å²) in [6, 6.07) is 14.8. The number of nitrogens with zero attached hydrogens (tertiary/aromatic N) is 4. The zero-order valence-electron chi connectivity index (χ0n) is 13.1. The quantitative estimate of drug-likeness (QED) is 0.635. The second-order valence-electron chi connectivity index (χ2n) is 5.78. The molecule has 4 rings (SSSR count). The molecule has 124 valence electrons. The SMILES string of the molecule is O=C1c2ccccc2C(=O)N1Cc1cn(Cc2ccc(Br)cc2)nn1. The van der Waals surface area contributed by atoms with Crippen molar-refractivity contribution in [3.8, 4) is 0 Å². The lowest BCUT2D eigenvalue weighted by molar-refractivity contribution is 0.0640. The molecule has 1 aliphatic heterocycles. The molecule has 7 heteroatoms. The van der Waals surface area contributed by atoms with E-state index in [0.717, 1.165) is 10.0 Å². The van der Waals surface area contributed by atoms with E-state index in [1.165, 1.54) is 4.90 Å². The minimum Gasteiger partial charge on any atom is -0.269 e. The fraction of sp³-hybridized carbons (Fsp3) is 0.111. The van der Waals surface area contributed by atoms with Crippen molar-refractivity contribution in [2.45, 2.75) is 13.1 Å². The van der Waals surface area contributed by atoms with Crippen LogP contribution in [0.4, 0.5) is 0 Å². The first-order valence-electron chi connectivity index (χ1n) is 7.70. The third-order valence-corrected chi connectivity index (χ3v) is 4.57. The van der Waals surface area contributed by atoms with Crippen LogP contribution in [0, 0.1) is 0 Å². The van der Waals surface area contributed by atoms with Crippen LogP contribution in [-0.4, -0.2) is 31.7 Å². The van der Waals surface area contributed by atoms with Crippen molar-refractivity contribution in [1.29, 1.82) is 0 Å². The molecule has 2 amide bonds. The summed E-state index contributed by atoms with van der Waals surface area (Å²) in [6.45, 7) is 0.690. The van der Waals surface area contributed by atoms with Gasteiger partial charge in [-0.15, -0.1) is 5.10 Å². The molecule has 25 heavy (non-hydrogen) atoms. The van der Waals surface area contributed by atoms with Crippen molar-refractivity contribution in [2.24, 2.45) is 0 Å². The van der Waals surface area contributed by atoms with E-state index in [1.807, 2.05) is 24.3 Å². The van der Waals surface area contributed by atoms with Crippen LogP contribution in [0.2, 0.25) is 0 Å². The fourth-order valence-electron chi connectivity index (χ4n) is 2.81. The van der Waals surface area contributed by atoms with Crippen molar-refractivity contribution >= 4 is 27.7 Å². The Balaban J connectivity index is 1.49. The van der Waals surface area contributed by atoms with Crippen LogP contribution in [0.3, 0.4) is 0 Å². The van der Waals surface area contributed by atoms with Crippen molar-refractivity contribution in [3.05, 3.63) is 81.6 Å². The number of carbonyl (C=O) groups excluding carboxylic acids is 2. The molecule has 0 N–H and O–H groups in total. The number of amides is 2. The Hall–Kier alpha value is -2.80. The summed E-state index contributed by atoms with van der Waals surface area (Å²) in [5.74, 6) is -0.578. The number of fused-ring (bicyclic) bond motifs is 1. The highest BCUT2D eigenvalue weighted by Gasteiger charge is 2.35. The predicted molar refractivity (Wildman–Crippen MR) is 93.9 cm³/mol. The zero-order chi connectivity index (χ0) is 17.4. The van der Waals surface area contributed by atoms with E-state index in [-0.39, 0.29) is 18.4 Å². The molecule has 0 spiro atoms. The smallest absolute Gasteiger partial charge is 0.261 e. The molecule has 6 nitrogen and oxygen atoms in total. The molecule has 0 saturated carbocycles. The van der Waals surface area contributed by atoms with Gasteiger partial charge in [-0.05, 0) is 29.8 Å². The van der Waals surface area contributed by atoms with E-state index < -0.39 is 0 Å². The average Bonchev–Trinajstić information content (AvgIpc) is 3.16. The average molecular weight is 397 g/mol. The van der Waals surface area contributed by atoms with Crippen LogP contribution < -0.4 is 0 Å². The molecule has 1 aromatic heterocycles. The van der Waals surface area contributed by atoms with E-state index in [2.05, 4.69) is 26.2 Å². The largest absolute Gasteiger partial charge is 0.269 e. The number of aromatic nitrogens is 3. The fourth-order valence-corrected chi connectivity index (χ4v) is 3.07. The molecule has 0 aliphatic carbocycles. The normalized spacial score (nSPS) is 13.4.